The highest BCUT2D eigenvalue weighted by molar-refractivity contribution is 7.99. The fourth-order valence-corrected chi connectivity index (χ4v) is 4.51. The van der Waals surface area contributed by atoms with Crippen molar-refractivity contribution < 1.29 is 18.0 Å². The maximum atomic E-state index is 13.1. The number of amides is 1. The second-order valence-electron chi connectivity index (χ2n) is 9.33. The number of hydrogen-bond donors (Lipinski definition) is 1. The zero-order chi connectivity index (χ0) is 26.8. The summed E-state index contributed by atoms with van der Waals surface area (Å²) in [5.41, 5.74) is 1.85. The van der Waals surface area contributed by atoms with Crippen LogP contribution in [0.1, 0.15) is 31.9 Å². The summed E-state index contributed by atoms with van der Waals surface area (Å²) in [6.45, 7) is 6.42. The Labute approximate surface area is 222 Å². The third-order valence-corrected chi connectivity index (χ3v) is 6.82. The van der Waals surface area contributed by atoms with Gasteiger partial charge in [0.2, 0.25) is 5.91 Å². The molecular weight excluding hydrogens is 521 g/mol. The Morgan fingerprint density at radius 3 is 2.22 bits per heavy atom. The highest BCUT2D eigenvalue weighted by atomic mass is 35.5. The maximum Gasteiger partial charge on any atom is 0.416 e. The standard InChI is InChI=1S/C27H24ClF3N4OS/c1-26(2,3)18-11-9-17(10-12-18)24-33-34-25(35(24)20-7-5-4-6-8-20)37-16-23(36)32-22-15-19(27(29,30)31)13-14-21(22)28/h4-15H,16H2,1-3H3,(H,32,36). The smallest absolute Gasteiger partial charge is 0.324 e. The summed E-state index contributed by atoms with van der Waals surface area (Å²) < 4.78 is 41.0. The number of nitrogens with zero attached hydrogens (tertiary/aromatic N) is 3. The lowest BCUT2D eigenvalue weighted by molar-refractivity contribution is -0.137. The number of anilines is 1. The van der Waals surface area contributed by atoms with Gasteiger partial charge in [0.1, 0.15) is 0 Å². The maximum absolute atomic E-state index is 13.1. The average molecular weight is 545 g/mol. The molecule has 0 aliphatic heterocycles. The molecule has 4 aromatic rings. The van der Waals surface area contributed by atoms with E-state index in [2.05, 4.69) is 48.4 Å². The molecule has 0 fully saturated rings. The lowest BCUT2D eigenvalue weighted by Gasteiger charge is -2.19. The van der Waals surface area contributed by atoms with Crippen LogP contribution in [0.3, 0.4) is 0 Å². The van der Waals surface area contributed by atoms with E-state index in [0.29, 0.717) is 11.0 Å². The van der Waals surface area contributed by atoms with Gasteiger partial charge in [-0.1, -0.05) is 86.6 Å². The molecule has 0 aliphatic carbocycles. The molecule has 0 spiro atoms. The van der Waals surface area contributed by atoms with Crippen molar-refractivity contribution in [3.63, 3.8) is 0 Å². The van der Waals surface area contributed by atoms with Crippen molar-refractivity contribution in [2.45, 2.75) is 37.5 Å². The van der Waals surface area contributed by atoms with Crippen molar-refractivity contribution in [2.75, 3.05) is 11.1 Å². The fraction of sp³-hybridized carbons (Fsp3) is 0.222. The van der Waals surface area contributed by atoms with Crippen LogP contribution in [0.4, 0.5) is 18.9 Å². The van der Waals surface area contributed by atoms with E-state index in [9.17, 15) is 18.0 Å². The van der Waals surface area contributed by atoms with Crippen LogP contribution in [0, 0.1) is 0 Å². The molecule has 0 atom stereocenters. The summed E-state index contributed by atoms with van der Waals surface area (Å²) in [5.74, 6) is -0.0269. The average Bonchev–Trinajstić information content (AvgIpc) is 3.27. The molecule has 3 aromatic carbocycles. The number of aromatic nitrogens is 3. The van der Waals surface area contributed by atoms with E-state index in [-0.39, 0.29) is 21.9 Å². The van der Waals surface area contributed by atoms with Crippen LogP contribution in [0.5, 0.6) is 0 Å². The predicted octanol–water partition coefficient (Wildman–Crippen LogP) is 7.63. The van der Waals surface area contributed by atoms with Gasteiger partial charge in [0.15, 0.2) is 11.0 Å². The summed E-state index contributed by atoms with van der Waals surface area (Å²) >= 11 is 7.13. The minimum Gasteiger partial charge on any atom is -0.324 e. The van der Waals surface area contributed by atoms with Crippen LogP contribution in [0.25, 0.3) is 17.1 Å². The molecule has 0 saturated carbocycles. The summed E-state index contributed by atoms with van der Waals surface area (Å²) in [4.78, 5) is 12.6. The van der Waals surface area contributed by atoms with E-state index >= 15 is 0 Å². The summed E-state index contributed by atoms with van der Waals surface area (Å²) in [6.07, 6.45) is -4.55. The van der Waals surface area contributed by atoms with Crippen LogP contribution < -0.4 is 5.32 Å². The van der Waals surface area contributed by atoms with Gasteiger partial charge < -0.3 is 5.32 Å². The molecule has 0 saturated heterocycles. The first-order chi connectivity index (χ1) is 17.4. The van der Waals surface area contributed by atoms with Gasteiger partial charge in [0.05, 0.1) is 22.0 Å². The van der Waals surface area contributed by atoms with E-state index in [0.717, 1.165) is 41.2 Å². The van der Waals surface area contributed by atoms with Crippen molar-refractivity contribution in [3.8, 4) is 17.1 Å². The van der Waals surface area contributed by atoms with Crippen LogP contribution in [-0.2, 0) is 16.4 Å². The monoisotopic (exact) mass is 544 g/mol. The molecule has 1 N–H and O–H groups in total. The van der Waals surface area contributed by atoms with Gasteiger partial charge >= 0.3 is 6.18 Å². The Morgan fingerprint density at radius 1 is 0.946 bits per heavy atom. The Bertz CT molecular complexity index is 1400. The third kappa shape index (κ3) is 6.34. The molecular formula is C27H24ClF3N4OS. The Kier molecular flexibility index (Phi) is 7.66. The Balaban J connectivity index is 1.58. The zero-order valence-corrected chi connectivity index (χ0v) is 21.9. The lowest BCUT2D eigenvalue weighted by atomic mass is 9.87. The lowest BCUT2D eigenvalue weighted by Crippen LogP contribution is -2.16. The van der Waals surface area contributed by atoms with Gasteiger partial charge in [-0.25, -0.2) is 0 Å². The number of carbonyl (C=O) groups is 1. The zero-order valence-electron chi connectivity index (χ0n) is 20.3. The number of para-hydroxylation sites is 1. The van der Waals surface area contributed by atoms with E-state index < -0.39 is 17.6 Å². The molecule has 0 aliphatic rings. The van der Waals surface area contributed by atoms with Crippen molar-refractivity contribution in [2.24, 2.45) is 0 Å². The van der Waals surface area contributed by atoms with Crippen molar-refractivity contribution >= 4 is 35.0 Å². The van der Waals surface area contributed by atoms with Crippen molar-refractivity contribution in [1.82, 2.24) is 14.8 Å². The SMILES string of the molecule is CC(C)(C)c1ccc(-c2nnc(SCC(=O)Nc3cc(C(F)(F)F)ccc3Cl)n2-c2ccccc2)cc1. The molecule has 0 unspecified atom stereocenters. The molecule has 37 heavy (non-hydrogen) atoms. The van der Waals surface area contributed by atoms with Gasteiger partial charge in [-0.2, -0.15) is 13.2 Å². The number of halogens is 4. The number of nitrogens with one attached hydrogen (secondary N) is 1. The summed E-state index contributed by atoms with van der Waals surface area (Å²) in [5, 5.41) is 11.6. The molecule has 10 heteroatoms. The molecule has 1 amide bonds. The number of benzene rings is 3. The van der Waals surface area contributed by atoms with E-state index in [1.54, 1.807) is 0 Å². The minimum atomic E-state index is -4.55. The second-order valence-corrected chi connectivity index (χ2v) is 10.7. The number of thioether (sulfide) groups is 1. The number of rotatable bonds is 6. The van der Waals surface area contributed by atoms with Gasteiger partial charge in [0.25, 0.3) is 0 Å². The predicted molar refractivity (Wildman–Crippen MR) is 141 cm³/mol. The van der Waals surface area contributed by atoms with Gasteiger partial charge in [0, 0.05) is 11.3 Å². The quantitative estimate of drug-likeness (QED) is 0.253. The molecule has 0 bridgehead atoms. The van der Waals surface area contributed by atoms with Gasteiger partial charge in [-0.3, -0.25) is 9.36 Å². The first kappa shape index (κ1) is 26.8. The van der Waals surface area contributed by atoms with E-state index in [1.807, 2.05) is 47.0 Å². The van der Waals surface area contributed by atoms with Gasteiger partial charge in [-0.05, 0) is 41.3 Å². The molecule has 192 valence electrons. The van der Waals surface area contributed by atoms with E-state index in [1.165, 1.54) is 5.56 Å². The first-order valence-corrected chi connectivity index (χ1v) is 12.7. The fourth-order valence-electron chi connectivity index (χ4n) is 3.59. The summed E-state index contributed by atoms with van der Waals surface area (Å²) in [7, 11) is 0. The third-order valence-electron chi connectivity index (χ3n) is 5.56. The topological polar surface area (TPSA) is 59.8 Å². The highest BCUT2D eigenvalue weighted by Gasteiger charge is 2.31. The Morgan fingerprint density at radius 2 is 1.59 bits per heavy atom. The molecule has 1 aromatic heterocycles. The van der Waals surface area contributed by atoms with Crippen LogP contribution in [0.15, 0.2) is 78.0 Å². The molecule has 5 nitrogen and oxygen atoms in total. The van der Waals surface area contributed by atoms with Gasteiger partial charge in [-0.15, -0.1) is 10.2 Å². The second kappa shape index (κ2) is 10.6. The molecule has 1 heterocycles. The number of carbonyl (C=O) groups excluding carboxylic acids is 1. The molecule has 4 rings (SSSR count). The Hall–Kier alpha value is -3.30. The highest BCUT2D eigenvalue weighted by Crippen LogP contribution is 2.34. The largest absolute Gasteiger partial charge is 0.416 e. The number of hydrogen-bond acceptors (Lipinski definition) is 4. The van der Waals surface area contributed by atoms with E-state index in [4.69, 9.17) is 11.6 Å². The molecule has 0 radical (unpaired) electrons. The van der Waals surface area contributed by atoms with Crippen LogP contribution >= 0.6 is 23.4 Å². The van der Waals surface area contributed by atoms with Crippen LogP contribution in [0.2, 0.25) is 5.02 Å². The minimum absolute atomic E-state index is 0.00250. The number of alkyl halides is 3. The van der Waals surface area contributed by atoms with Crippen molar-refractivity contribution in [1.29, 1.82) is 0 Å². The summed E-state index contributed by atoms with van der Waals surface area (Å²) in [6, 6.07) is 20.4. The normalized spacial score (nSPS) is 12.0. The van der Waals surface area contributed by atoms with Crippen molar-refractivity contribution in [3.05, 3.63) is 88.9 Å². The first-order valence-electron chi connectivity index (χ1n) is 11.3. The van der Waals surface area contributed by atoms with Crippen LogP contribution in [-0.4, -0.2) is 26.4 Å².